The zero-order valence-electron chi connectivity index (χ0n) is 19.8. The quantitative estimate of drug-likeness (QED) is 0.176. The lowest BCUT2D eigenvalue weighted by Crippen LogP contribution is -2.14. The van der Waals surface area contributed by atoms with Gasteiger partial charge in [0, 0.05) is 18.6 Å². The van der Waals surface area contributed by atoms with Crippen LogP contribution in [0.2, 0.25) is 0 Å². The van der Waals surface area contributed by atoms with Gasteiger partial charge in [-0.3, -0.25) is 14.9 Å². The molecule has 0 spiro atoms. The molecular weight excluding hydrogens is 632 g/mol. The molecule has 37 heavy (non-hydrogen) atoms. The Morgan fingerprint density at radius 2 is 1.81 bits per heavy atom. The third-order valence-electron chi connectivity index (χ3n) is 4.91. The van der Waals surface area contributed by atoms with Gasteiger partial charge < -0.3 is 14.6 Å². The molecule has 0 radical (unpaired) electrons. The van der Waals surface area contributed by atoms with Crippen LogP contribution in [0.3, 0.4) is 0 Å². The number of carbonyl (C=O) groups is 2. The highest BCUT2D eigenvalue weighted by Gasteiger charge is 2.33. The molecule has 1 amide bonds. The number of hydrogen-bond acceptors (Lipinski definition) is 8. The Balaban J connectivity index is 1.86. The lowest BCUT2D eigenvalue weighted by molar-refractivity contribution is -0.384. The number of benzene rings is 2. The van der Waals surface area contributed by atoms with Gasteiger partial charge in [0.2, 0.25) is 5.91 Å². The zero-order chi connectivity index (χ0) is 27.1. The third-order valence-corrected chi connectivity index (χ3v) is 7.11. The number of nitro groups is 1. The van der Waals surface area contributed by atoms with Crippen molar-refractivity contribution in [1.82, 2.24) is 0 Å². The van der Waals surface area contributed by atoms with Gasteiger partial charge in [0.15, 0.2) is 0 Å². The molecule has 1 heterocycles. The molecule has 2 aromatic carbocycles. The molecule has 0 saturated carbocycles. The molecular formula is C25H22Br2N2O7S. The maximum Gasteiger partial charge on any atom is 0.344 e. The molecule has 0 bridgehead atoms. The van der Waals surface area contributed by atoms with Crippen LogP contribution in [0, 0.1) is 10.1 Å². The predicted molar refractivity (Wildman–Crippen MR) is 148 cm³/mol. The maximum atomic E-state index is 12.5. The van der Waals surface area contributed by atoms with Crippen LogP contribution in [-0.4, -0.2) is 33.6 Å². The Morgan fingerprint density at radius 1 is 1.16 bits per heavy atom. The first kappa shape index (κ1) is 28.6. The van der Waals surface area contributed by atoms with Crippen molar-refractivity contribution in [2.75, 3.05) is 6.61 Å². The number of hydrogen-bond donors (Lipinski definition) is 1. The summed E-state index contributed by atoms with van der Waals surface area (Å²) in [6.07, 6.45) is 2.48. The van der Waals surface area contributed by atoms with Gasteiger partial charge in [0.25, 0.3) is 5.69 Å². The van der Waals surface area contributed by atoms with Crippen molar-refractivity contribution in [1.29, 1.82) is 0 Å². The molecule has 12 heteroatoms. The van der Waals surface area contributed by atoms with Crippen molar-refractivity contribution in [3.63, 3.8) is 0 Å². The van der Waals surface area contributed by atoms with Gasteiger partial charge in [-0.1, -0.05) is 18.7 Å². The summed E-state index contributed by atoms with van der Waals surface area (Å²) in [4.78, 5) is 39.3. The minimum atomic E-state index is -0.753. The van der Waals surface area contributed by atoms with Gasteiger partial charge in [-0.15, -0.1) is 0 Å². The topological polar surface area (TPSA) is 128 Å². The molecule has 0 unspecified atom stereocenters. The number of halogens is 2. The zero-order valence-corrected chi connectivity index (χ0v) is 23.8. The highest BCUT2D eigenvalue weighted by Crippen LogP contribution is 2.41. The fraction of sp³-hybridized carbons (Fsp3) is 0.240. The first-order chi connectivity index (χ1) is 17.6. The average molecular weight is 654 g/mol. The molecule has 1 aliphatic rings. The summed E-state index contributed by atoms with van der Waals surface area (Å²) >= 11 is 7.99. The van der Waals surface area contributed by atoms with E-state index in [1.807, 2.05) is 6.92 Å². The molecule has 1 N–H and O–H groups in total. The number of amides is 1. The van der Waals surface area contributed by atoms with E-state index in [9.17, 15) is 24.8 Å². The number of non-ortho nitro benzene ring substituents is 1. The van der Waals surface area contributed by atoms with Gasteiger partial charge in [0.1, 0.15) is 28.7 Å². The Hall–Kier alpha value is -2.96. The second-order valence-corrected chi connectivity index (χ2v) is 10.4. The summed E-state index contributed by atoms with van der Waals surface area (Å²) in [5, 5.41) is 21.7. The number of thioether (sulfide) groups is 1. The van der Waals surface area contributed by atoms with E-state index in [2.05, 4.69) is 36.9 Å². The molecule has 0 atom stereocenters. The second-order valence-electron chi connectivity index (χ2n) is 7.64. The SMILES string of the molecule is CCCC(=O)N=C1S/C(=C\c2cc(Br)c(OCc3ccc([N+](=O)[O-])cc3)c(Br)c2)C(O)=C1C(=O)OCC. The number of carbonyl (C=O) groups excluding carboxylic acids is 2. The standard InChI is InChI=1S/C25H22Br2N2O7S/c1-3-5-20(30)28-24-21(25(32)35-4-2)22(31)19(37-24)12-15-10-17(26)23(18(27)11-15)36-13-14-6-8-16(9-7-14)29(33)34/h6-12,31H,3-5,13H2,1-2H3/b19-12-,28-24?. The highest BCUT2D eigenvalue weighted by atomic mass is 79.9. The van der Waals surface area contributed by atoms with E-state index in [0.29, 0.717) is 31.6 Å². The summed E-state index contributed by atoms with van der Waals surface area (Å²) in [6.45, 7) is 3.79. The Labute approximate surface area is 234 Å². The van der Waals surface area contributed by atoms with Crippen molar-refractivity contribution < 1.29 is 29.1 Å². The highest BCUT2D eigenvalue weighted by molar-refractivity contribution is 9.11. The van der Waals surface area contributed by atoms with Crippen LogP contribution < -0.4 is 4.74 Å². The van der Waals surface area contributed by atoms with E-state index in [-0.39, 0.29) is 47.6 Å². The van der Waals surface area contributed by atoms with Crippen molar-refractivity contribution in [2.45, 2.75) is 33.3 Å². The van der Waals surface area contributed by atoms with Gasteiger partial charge in [-0.25, -0.2) is 9.79 Å². The van der Waals surface area contributed by atoms with E-state index in [0.717, 1.165) is 17.3 Å². The van der Waals surface area contributed by atoms with Gasteiger partial charge in [-0.2, -0.15) is 0 Å². The fourth-order valence-corrected chi connectivity index (χ4v) is 5.68. The molecule has 9 nitrogen and oxygen atoms in total. The Morgan fingerprint density at radius 3 is 2.38 bits per heavy atom. The van der Waals surface area contributed by atoms with Crippen LogP contribution in [0.15, 0.2) is 66.6 Å². The van der Waals surface area contributed by atoms with Crippen LogP contribution >= 0.6 is 43.6 Å². The van der Waals surface area contributed by atoms with E-state index < -0.39 is 10.9 Å². The summed E-state index contributed by atoms with van der Waals surface area (Å²) in [5.74, 6) is -0.937. The summed E-state index contributed by atoms with van der Waals surface area (Å²) in [7, 11) is 0. The summed E-state index contributed by atoms with van der Waals surface area (Å²) in [6, 6.07) is 9.59. The number of nitro benzene ring substituents is 1. The normalized spacial score (nSPS) is 15.4. The first-order valence-electron chi connectivity index (χ1n) is 11.1. The Kier molecular flexibility index (Phi) is 10.1. The number of aliphatic imine (C=N–C) groups is 1. The molecule has 0 fully saturated rings. The second kappa shape index (κ2) is 13.0. The van der Waals surface area contributed by atoms with Crippen molar-refractivity contribution >= 4 is 72.3 Å². The van der Waals surface area contributed by atoms with Crippen LogP contribution in [0.1, 0.15) is 37.8 Å². The number of aliphatic hydroxyl groups excluding tert-OH is 1. The number of rotatable bonds is 9. The molecule has 3 rings (SSSR count). The van der Waals surface area contributed by atoms with E-state index >= 15 is 0 Å². The van der Waals surface area contributed by atoms with Crippen molar-refractivity contribution in [3.8, 4) is 5.75 Å². The molecule has 1 aliphatic heterocycles. The number of aliphatic hydroxyl groups is 1. The van der Waals surface area contributed by atoms with Gasteiger partial charge in [-0.05, 0) is 86.7 Å². The molecule has 0 aromatic heterocycles. The van der Waals surface area contributed by atoms with E-state index in [1.54, 1.807) is 37.3 Å². The molecule has 0 aliphatic carbocycles. The fourth-order valence-electron chi connectivity index (χ4n) is 3.20. The lowest BCUT2D eigenvalue weighted by atomic mass is 10.1. The number of ether oxygens (including phenoxy) is 2. The molecule has 0 saturated heterocycles. The first-order valence-corrected chi connectivity index (χ1v) is 13.5. The number of nitrogens with zero attached hydrogens (tertiary/aromatic N) is 2. The van der Waals surface area contributed by atoms with Gasteiger partial charge in [0.05, 0.1) is 25.4 Å². The van der Waals surface area contributed by atoms with Gasteiger partial charge >= 0.3 is 5.97 Å². The predicted octanol–water partition coefficient (Wildman–Crippen LogP) is 6.89. The van der Waals surface area contributed by atoms with Crippen LogP contribution in [0.25, 0.3) is 6.08 Å². The molecule has 194 valence electrons. The van der Waals surface area contributed by atoms with Crippen molar-refractivity contribution in [2.24, 2.45) is 4.99 Å². The van der Waals surface area contributed by atoms with Crippen LogP contribution in [0.5, 0.6) is 5.75 Å². The average Bonchev–Trinajstić information content (AvgIpc) is 3.13. The summed E-state index contributed by atoms with van der Waals surface area (Å²) in [5.41, 5.74) is 1.28. The van der Waals surface area contributed by atoms with Crippen molar-refractivity contribution in [3.05, 3.63) is 82.8 Å². The largest absolute Gasteiger partial charge is 0.506 e. The van der Waals surface area contributed by atoms with E-state index in [4.69, 9.17) is 9.47 Å². The minimum Gasteiger partial charge on any atom is -0.506 e. The summed E-state index contributed by atoms with van der Waals surface area (Å²) < 4.78 is 12.2. The van der Waals surface area contributed by atoms with Crippen LogP contribution in [0.4, 0.5) is 5.69 Å². The smallest absolute Gasteiger partial charge is 0.344 e. The third kappa shape index (κ3) is 7.30. The number of esters is 1. The maximum absolute atomic E-state index is 12.5. The molecule has 2 aromatic rings. The Bertz CT molecular complexity index is 1300. The lowest BCUT2D eigenvalue weighted by Gasteiger charge is -2.12. The van der Waals surface area contributed by atoms with E-state index in [1.165, 1.54) is 12.1 Å². The minimum absolute atomic E-state index is 0.000341. The van der Waals surface area contributed by atoms with Crippen LogP contribution in [-0.2, 0) is 20.9 Å². The monoisotopic (exact) mass is 652 g/mol.